The molecule has 1 heterocycles. The smallest absolute Gasteiger partial charge is 0.305 e. The fourth-order valence-electron chi connectivity index (χ4n) is 3.58. The van der Waals surface area contributed by atoms with Gasteiger partial charge in [0.25, 0.3) is 0 Å². The van der Waals surface area contributed by atoms with Crippen molar-refractivity contribution >= 4 is 5.97 Å². The monoisotopic (exact) mass is 239 g/mol. The highest BCUT2D eigenvalue weighted by Crippen LogP contribution is 2.38. The summed E-state index contributed by atoms with van der Waals surface area (Å²) in [6, 6.07) is 0. The molecule has 0 radical (unpaired) electrons. The fourth-order valence-corrected chi connectivity index (χ4v) is 3.58. The fraction of sp³-hybridized carbons (Fsp3) is 0.929. The van der Waals surface area contributed by atoms with Crippen LogP contribution in [0.25, 0.3) is 0 Å². The molecule has 0 aromatic rings. The van der Waals surface area contributed by atoms with Gasteiger partial charge in [0.2, 0.25) is 0 Å². The maximum atomic E-state index is 11.2. The second-order valence-corrected chi connectivity index (χ2v) is 6.03. The van der Waals surface area contributed by atoms with Gasteiger partial charge in [0.05, 0.1) is 6.42 Å². The maximum absolute atomic E-state index is 11.2. The van der Waals surface area contributed by atoms with Crippen molar-refractivity contribution in [3.63, 3.8) is 0 Å². The van der Waals surface area contributed by atoms with Crippen molar-refractivity contribution in [2.75, 3.05) is 13.1 Å². The van der Waals surface area contributed by atoms with E-state index in [1.165, 1.54) is 32.1 Å². The van der Waals surface area contributed by atoms with E-state index >= 15 is 0 Å². The van der Waals surface area contributed by atoms with Crippen LogP contribution in [0, 0.1) is 5.92 Å². The first-order valence-corrected chi connectivity index (χ1v) is 7.09. The number of carboxylic acid groups (broad SMARTS) is 1. The van der Waals surface area contributed by atoms with Gasteiger partial charge in [-0.1, -0.05) is 26.2 Å². The van der Waals surface area contributed by atoms with E-state index in [4.69, 9.17) is 0 Å². The number of rotatable bonds is 3. The number of hydrogen-bond acceptors (Lipinski definition) is 2. The van der Waals surface area contributed by atoms with Crippen LogP contribution in [0.1, 0.15) is 58.3 Å². The number of carboxylic acids is 1. The Morgan fingerprint density at radius 2 is 1.82 bits per heavy atom. The van der Waals surface area contributed by atoms with Crippen LogP contribution >= 0.6 is 0 Å². The van der Waals surface area contributed by atoms with E-state index in [1.807, 2.05) is 0 Å². The van der Waals surface area contributed by atoms with Crippen molar-refractivity contribution in [3.8, 4) is 0 Å². The van der Waals surface area contributed by atoms with Crippen LogP contribution in [-0.4, -0.2) is 34.6 Å². The highest BCUT2D eigenvalue weighted by Gasteiger charge is 2.40. The summed E-state index contributed by atoms with van der Waals surface area (Å²) in [7, 11) is 0. The van der Waals surface area contributed by atoms with Crippen LogP contribution in [0.2, 0.25) is 0 Å². The van der Waals surface area contributed by atoms with Crippen molar-refractivity contribution in [2.24, 2.45) is 5.92 Å². The minimum Gasteiger partial charge on any atom is -0.481 e. The molecule has 2 rings (SSSR count). The molecule has 1 N–H and O–H groups in total. The Bertz CT molecular complexity index is 263. The number of carbonyl (C=O) groups is 1. The maximum Gasteiger partial charge on any atom is 0.305 e. The lowest BCUT2D eigenvalue weighted by Gasteiger charge is -2.48. The van der Waals surface area contributed by atoms with Crippen molar-refractivity contribution in [1.82, 2.24) is 4.90 Å². The molecule has 1 saturated carbocycles. The van der Waals surface area contributed by atoms with Gasteiger partial charge in [-0.25, -0.2) is 0 Å². The predicted octanol–water partition coefficient (Wildman–Crippen LogP) is 2.90. The molecule has 98 valence electrons. The van der Waals surface area contributed by atoms with E-state index in [0.29, 0.717) is 6.42 Å². The molecule has 2 fully saturated rings. The van der Waals surface area contributed by atoms with E-state index in [2.05, 4.69) is 11.8 Å². The van der Waals surface area contributed by atoms with Gasteiger partial charge in [-0.3, -0.25) is 9.69 Å². The zero-order chi connectivity index (χ0) is 12.3. The highest BCUT2D eigenvalue weighted by molar-refractivity contribution is 5.68. The van der Waals surface area contributed by atoms with Crippen LogP contribution in [0.3, 0.4) is 0 Å². The van der Waals surface area contributed by atoms with Crippen molar-refractivity contribution in [2.45, 2.75) is 63.8 Å². The van der Waals surface area contributed by atoms with E-state index in [-0.39, 0.29) is 5.54 Å². The normalized spacial score (nSPS) is 26.9. The minimum atomic E-state index is -0.620. The topological polar surface area (TPSA) is 40.5 Å². The molecule has 0 unspecified atom stereocenters. The Hall–Kier alpha value is -0.570. The Kier molecular flexibility index (Phi) is 4.08. The van der Waals surface area contributed by atoms with Crippen LogP contribution < -0.4 is 0 Å². The van der Waals surface area contributed by atoms with Gasteiger partial charge in [-0.2, -0.15) is 0 Å². The van der Waals surface area contributed by atoms with Crippen LogP contribution in [0.4, 0.5) is 0 Å². The van der Waals surface area contributed by atoms with Gasteiger partial charge in [0.1, 0.15) is 0 Å². The van der Waals surface area contributed by atoms with Gasteiger partial charge < -0.3 is 5.11 Å². The number of nitrogens with zero attached hydrogens (tertiary/aromatic N) is 1. The lowest BCUT2D eigenvalue weighted by Crippen LogP contribution is -2.54. The Morgan fingerprint density at radius 1 is 1.24 bits per heavy atom. The highest BCUT2D eigenvalue weighted by atomic mass is 16.4. The van der Waals surface area contributed by atoms with Gasteiger partial charge in [0.15, 0.2) is 0 Å². The summed E-state index contributed by atoms with van der Waals surface area (Å²) in [5, 5.41) is 9.19. The van der Waals surface area contributed by atoms with Gasteiger partial charge >= 0.3 is 5.97 Å². The number of hydrogen-bond donors (Lipinski definition) is 1. The lowest BCUT2D eigenvalue weighted by molar-refractivity contribution is -0.141. The summed E-state index contributed by atoms with van der Waals surface area (Å²) < 4.78 is 0. The van der Waals surface area contributed by atoms with E-state index in [0.717, 1.165) is 31.8 Å². The Labute approximate surface area is 104 Å². The third-order valence-corrected chi connectivity index (χ3v) is 4.72. The summed E-state index contributed by atoms with van der Waals surface area (Å²) >= 11 is 0. The van der Waals surface area contributed by atoms with Crippen LogP contribution in [0.5, 0.6) is 0 Å². The second kappa shape index (κ2) is 5.38. The number of likely N-dealkylation sites (tertiary alicyclic amines) is 1. The molecule has 0 spiro atoms. The Balaban J connectivity index is 2.06. The standard InChI is InChI=1S/C14H25NO2/c1-12-5-9-15(10-6-12)14(11-13(16)17)7-3-2-4-8-14/h12H,2-11H2,1H3,(H,16,17). The molecule has 0 atom stereocenters. The molecule has 17 heavy (non-hydrogen) atoms. The SMILES string of the molecule is CC1CCN(C2(CC(=O)O)CCCCC2)CC1. The molecule has 3 nitrogen and oxygen atoms in total. The quantitative estimate of drug-likeness (QED) is 0.823. The lowest BCUT2D eigenvalue weighted by atomic mass is 9.76. The van der Waals surface area contributed by atoms with Crippen molar-refractivity contribution < 1.29 is 9.90 Å². The molecule has 0 aromatic carbocycles. The van der Waals surface area contributed by atoms with Crippen LogP contribution in [-0.2, 0) is 4.79 Å². The molecule has 0 bridgehead atoms. The summed E-state index contributed by atoms with van der Waals surface area (Å²) in [6.45, 7) is 4.52. The minimum absolute atomic E-state index is 0.00970. The first kappa shape index (κ1) is 12.9. The van der Waals surface area contributed by atoms with Crippen LogP contribution in [0.15, 0.2) is 0 Å². The van der Waals surface area contributed by atoms with Crippen molar-refractivity contribution in [3.05, 3.63) is 0 Å². The third kappa shape index (κ3) is 3.01. The van der Waals surface area contributed by atoms with Crippen molar-refractivity contribution in [1.29, 1.82) is 0 Å². The third-order valence-electron chi connectivity index (χ3n) is 4.72. The molecule has 0 amide bonds. The van der Waals surface area contributed by atoms with E-state index in [9.17, 15) is 9.90 Å². The molecule has 1 aliphatic carbocycles. The molecule has 2 aliphatic rings. The molecule has 1 aliphatic heterocycles. The molecule has 3 heteroatoms. The van der Waals surface area contributed by atoms with Gasteiger partial charge in [0, 0.05) is 5.54 Å². The van der Waals surface area contributed by atoms with E-state index in [1.54, 1.807) is 0 Å². The largest absolute Gasteiger partial charge is 0.481 e. The first-order chi connectivity index (χ1) is 8.12. The zero-order valence-corrected chi connectivity index (χ0v) is 11.0. The molecule has 1 saturated heterocycles. The Morgan fingerprint density at radius 3 is 2.35 bits per heavy atom. The summed E-state index contributed by atoms with van der Waals surface area (Å²) in [5.74, 6) is 0.197. The summed E-state index contributed by atoms with van der Waals surface area (Å²) in [5.41, 5.74) is -0.00970. The molecular formula is C14H25NO2. The molecular weight excluding hydrogens is 214 g/mol. The summed E-state index contributed by atoms with van der Waals surface area (Å²) in [4.78, 5) is 13.7. The van der Waals surface area contributed by atoms with E-state index < -0.39 is 5.97 Å². The molecule has 0 aromatic heterocycles. The second-order valence-electron chi connectivity index (χ2n) is 6.03. The average molecular weight is 239 g/mol. The average Bonchev–Trinajstić information content (AvgIpc) is 2.30. The van der Waals surface area contributed by atoms with Gasteiger partial charge in [-0.15, -0.1) is 0 Å². The predicted molar refractivity (Wildman–Crippen MR) is 68.0 cm³/mol. The van der Waals surface area contributed by atoms with Gasteiger partial charge in [-0.05, 0) is 44.7 Å². The zero-order valence-electron chi connectivity index (χ0n) is 11.0. The summed E-state index contributed by atoms with van der Waals surface area (Å²) in [6.07, 6.45) is 8.70. The first-order valence-electron chi connectivity index (χ1n) is 7.09. The number of piperidine rings is 1. The number of aliphatic carboxylic acids is 1.